The average molecular weight is 331 g/mol. The number of aromatic nitrogens is 3. The van der Waals surface area contributed by atoms with E-state index in [1.54, 1.807) is 6.92 Å². The summed E-state index contributed by atoms with van der Waals surface area (Å²) in [6.07, 6.45) is 1.81. The highest BCUT2D eigenvalue weighted by molar-refractivity contribution is 5.99. The lowest BCUT2D eigenvalue weighted by atomic mass is 10.0. The molecule has 1 aliphatic heterocycles. The van der Waals surface area contributed by atoms with Crippen molar-refractivity contribution in [2.24, 2.45) is 0 Å². The molecule has 124 valence electrons. The van der Waals surface area contributed by atoms with Gasteiger partial charge in [-0.25, -0.2) is 14.8 Å². The first kappa shape index (κ1) is 15.6. The van der Waals surface area contributed by atoms with Crippen molar-refractivity contribution < 1.29 is 24.0 Å². The standard InChI is InChI=1S/C14H13N5O5/c1-6(9-4-8(14(22)23)19-24-9)17-13(21)11-7-2-3-10(20)18-12(7)16-5-15-11/h4-6H,2-3H2,1H3,(H,17,21)(H,22,23)(H,15,16,18,20)/t6-/m1/s1. The first-order valence-corrected chi connectivity index (χ1v) is 7.10. The van der Waals surface area contributed by atoms with Crippen molar-refractivity contribution in [2.45, 2.75) is 25.8 Å². The molecule has 0 spiro atoms. The van der Waals surface area contributed by atoms with E-state index in [2.05, 4.69) is 25.8 Å². The van der Waals surface area contributed by atoms with Gasteiger partial charge >= 0.3 is 5.97 Å². The molecular weight excluding hydrogens is 318 g/mol. The molecule has 24 heavy (non-hydrogen) atoms. The number of hydrogen-bond donors (Lipinski definition) is 3. The minimum absolute atomic E-state index is 0.157. The number of anilines is 1. The molecule has 2 aromatic rings. The Kier molecular flexibility index (Phi) is 3.94. The molecule has 0 saturated carbocycles. The zero-order chi connectivity index (χ0) is 17.3. The third-order valence-corrected chi connectivity index (χ3v) is 3.54. The first-order valence-electron chi connectivity index (χ1n) is 7.10. The van der Waals surface area contributed by atoms with Crippen LogP contribution in [-0.4, -0.2) is 38.0 Å². The Morgan fingerprint density at radius 3 is 2.88 bits per heavy atom. The van der Waals surface area contributed by atoms with Gasteiger partial charge < -0.3 is 20.3 Å². The van der Waals surface area contributed by atoms with Crippen LogP contribution in [0.5, 0.6) is 0 Å². The summed E-state index contributed by atoms with van der Waals surface area (Å²) in [6.45, 7) is 1.62. The van der Waals surface area contributed by atoms with E-state index in [1.165, 1.54) is 12.4 Å². The molecule has 0 aromatic carbocycles. The predicted molar refractivity (Wildman–Crippen MR) is 78.3 cm³/mol. The number of carboxylic acids is 1. The molecule has 0 saturated heterocycles. The van der Waals surface area contributed by atoms with Crippen molar-refractivity contribution in [3.05, 3.63) is 35.1 Å². The number of aromatic carboxylic acids is 1. The number of nitrogens with one attached hydrogen (secondary N) is 2. The van der Waals surface area contributed by atoms with Crippen LogP contribution in [0.2, 0.25) is 0 Å². The van der Waals surface area contributed by atoms with Crippen LogP contribution in [0.1, 0.15) is 51.7 Å². The number of carbonyl (C=O) groups is 3. The molecule has 2 aromatic heterocycles. The summed E-state index contributed by atoms with van der Waals surface area (Å²) in [6, 6.07) is 0.630. The van der Waals surface area contributed by atoms with E-state index in [0.717, 1.165) is 0 Å². The van der Waals surface area contributed by atoms with E-state index in [0.29, 0.717) is 17.8 Å². The second kappa shape index (κ2) is 6.07. The van der Waals surface area contributed by atoms with Gasteiger partial charge in [0.25, 0.3) is 5.91 Å². The lowest BCUT2D eigenvalue weighted by molar-refractivity contribution is -0.116. The summed E-state index contributed by atoms with van der Waals surface area (Å²) < 4.78 is 4.92. The highest BCUT2D eigenvalue weighted by Gasteiger charge is 2.25. The van der Waals surface area contributed by atoms with Crippen LogP contribution < -0.4 is 10.6 Å². The predicted octanol–water partition coefficient (Wildman–Crippen LogP) is 0.539. The third kappa shape index (κ3) is 2.93. The maximum absolute atomic E-state index is 12.4. The minimum atomic E-state index is -1.22. The summed E-state index contributed by atoms with van der Waals surface area (Å²) in [4.78, 5) is 42.6. The summed E-state index contributed by atoms with van der Waals surface area (Å²) >= 11 is 0. The Morgan fingerprint density at radius 2 is 2.17 bits per heavy atom. The summed E-state index contributed by atoms with van der Waals surface area (Å²) in [5, 5.41) is 17.5. The van der Waals surface area contributed by atoms with E-state index in [1.807, 2.05) is 0 Å². The molecule has 0 bridgehead atoms. The fraction of sp³-hybridized carbons (Fsp3) is 0.286. The monoisotopic (exact) mass is 331 g/mol. The van der Waals surface area contributed by atoms with Crippen LogP contribution in [0.3, 0.4) is 0 Å². The van der Waals surface area contributed by atoms with Crippen LogP contribution >= 0.6 is 0 Å². The van der Waals surface area contributed by atoms with Gasteiger partial charge in [0.2, 0.25) is 5.91 Å². The SMILES string of the molecule is C[C@@H](NC(=O)c1ncnc2c1CCC(=O)N2)c1cc(C(=O)O)no1. The van der Waals surface area contributed by atoms with Crippen molar-refractivity contribution in [1.82, 2.24) is 20.4 Å². The van der Waals surface area contributed by atoms with Crippen molar-refractivity contribution in [2.75, 3.05) is 5.32 Å². The number of carbonyl (C=O) groups excluding carboxylic acids is 2. The van der Waals surface area contributed by atoms with Gasteiger partial charge in [0.15, 0.2) is 11.5 Å². The van der Waals surface area contributed by atoms with Crippen molar-refractivity contribution >= 4 is 23.6 Å². The number of nitrogens with zero attached hydrogens (tertiary/aromatic N) is 3. The molecule has 3 N–H and O–H groups in total. The fourth-order valence-electron chi connectivity index (χ4n) is 2.32. The maximum atomic E-state index is 12.4. The Bertz CT molecular complexity index is 831. The van der Waals surface area contributed by atoms with Gasteiger partial charge in [-0.2, -0.15) is 0 Å². The zero-order valence-corrected chi connectivity index (χ0v) is 12.6. The second-order valence-corrected chi connectivity index (χ2v) is 5.21. The lowest BCUT2D eigenvalue weighted by Crippen LogP contribution is -2.30. The highest BCUT2D eigenvalue weighted by atomic mass is 16.5. The van der Waals surface area contributed by atoms with Crippen LogP contribution in [0.4, 0.5) is 5.82 Å². The number of amides is 2. The molecule has 3 rings (SSSR count). The van der Waals surface area contributed by atoms with Crippen molar-refractivity contribution in [3.8, 4) is 0 Å². The molecule has 3 heterocycles. The van der Waals surface area contributed by atoms with E-state index in [-0.39, 0.29) is 29.5 Å². The van der Waals surface area contributed by atoms with Gasteiger partial charge in [0.1, 0.15) is 17.8 Å². The van der Waals surface area contributed by atoms with E-state index < -0.39 is 17.9 Å². The number of rotatable bonds is 4. The molecule has 1 aliphatic rings. The second-order valence-electron chi connectivity index (χ2n) is 5.21. The molecule has 0 unspecified atom stereocenters. The van der Waals surface area contributed by atoms with Crippen LogP contribution in [0.25, 0.3) is 0 Å². The number of fused-ring (bicyclic) bond motifs is 1. The van der Waals surface area contributed by atoms with E-state index in [9.17, 15) is 14.4 Å². The molecular formula is C14H13N5O5. The lowest BCUT2D eigenvalue weighted by Gasteiger charge is -2.18. The van der Waals surface area contributed by atoms with Gasteiger partial charge in [0.05, 0.1) is 6.04 Å². The zero-order valence-electron chi connectivity index (χ0n) is 12.6. The molecule has 0 radical (unpaired) electrons. The largest absolute Gasteiger partial charge is 0.476 e. The smallest absolute Gasteiger partial charge is 0.358 e. The quantitative estimate of drug-likeness (QED) is 0.735. The topological polar surface area (TPSA) is 147 Å². The van der Waals surface area contributed by atoms with Crippen molar-refractivity contribution in [3.63, 3.8) is 0 Å². The van der Waals surface area contributed by atoms with E-state index >= 15 is 0 Å². The average Bonchev–Trinajstić information content (AvgIpc) is 3.04. The molecule has 0 fully saturated rings. The first-order chi connectivity index (χ1) is 11.5. The van der Waals surface area contributed by atoms with Gasteiger partial charge in [-0.05, 0) is 13.3 Å². The number of carboxylic acid groups (broad SMARTS) is 1. The summed E-state index contributed by atoms with van der Waals surface area (Å²) in [5.74, 6) is -1.33. The van der Waals surface area contributed by atoms with Gasteiger partial charge in [-0.15, -0.1) is 0 Å². The molecule has 2 amide bonds. The van der Waals surface area contributed by atoms with Crippen LogP contribution in [-0.2, 0) is 11.2 Å². The Hall–Kier alpha value is -3.30. The van der Waals surface area contributed by atoms with Crippen molar-refractivity contribution in [1.29, 1.82) is 0 Å². The Balaban J connectivity index is 1.78. The summed E-state index contributed by atoms with van der Waals surface area (Å²) in [5.41, 5.74) is 0.476. The number of hydrogen-bond acceptors (Lipinski definition) is 7. The Morgan fingerprint density at radius 1 is 1.38 bits per heavy atom. The molecule has 1 atom stereocenters. The minimum Gasteiger partial charge on any atom is -0.476 e. The van der Waals surface area contributed by atoms with Gasteiger partial charge in [0, 0.05) is 18.1 Å². The third-order valence-electron chi connectivity index (χ3n) is 3.54. The van der Waals surface area contributed by atoms with Crippen LogP contribution in [0.15, 0.2) is 16.9 Å². The molecule has 10 nitrogen and oxygen atoms in total. The highest BCUT2D eigenvalue weighted by Crippen LogP contribution is 2.23. The Labute approximate surface area is 135 Å². The summed E-state index contributed by atoms with van der Waals surface area (Å²) in [7, 11) is 0. The fourth-order valence-corrected chi connectivity index (χ4v) is 2.32. The normalized spacial score (nSPS) is 14.5. The molecule has 0 aliphatic carbocycles. The maximum Gasteiger partial charge on any atom is 0.358 e. The van der Waals surface area contributed by atoms with E-state index in [4.69, 9.17) is 9.63 Å². The van der Waals surface area contributed by atoms with Gasteiger partial charge in [-0.3, -0.25) is 9.59 Å². The van der Waals surface area contributed by atoms with Crippen LogP contribution in [0, 0.1) is 0 Å². The van der Waals surface area contributed by atoms with Gasteiger partial charge in [-0.1, -0.05) is 5.16 Å². The molecule has 10 heteroatoms.